The molecule has 2 atom stereocenters. The van der Waals surface area contributed by atoms with Crippen molar-refractivity contribution >= 4 is 38.1 Å². The number of hydrogen-bond donors (Lipinski definition) is 1. The fourth-order valence-electron chi connectivity index (χ4n) is 2.47. The zero-order valence-electron chi connectivity index (χ0n) is 11.0. The van der Waals surface area contributed by atoms with Gasteiger partial charge in [0.25, 0.3) is 5.91 Å². The third kappa shape index (κ3) is 2.87. The van der Waals surface area contributed by atoms with Gasteiger partial charge in [0, 0.05) is 11.6 Å². The number of nitrogens with zero attached hydrogens (tertiary/aromatic N) is 1. The molecule has 1 aromatic heterocycles. The fraction of sp³-hybridized carbons (Fsp3) is 0.286. The van der Waals surface area contributed by atoms with Gasteiger partial charge < -0.3 is 5.32 Å². The van der Waals surface area contributed by atoms with Crippen molar-refractivity contribution in [2.75, 3.05) is 11.5 Å². The van der Waals surface area contributed by atoms with Crippen molar-refractivity contribution in [3.05, 3.63) is 42.2 Å². The minimum Gasteiger partial charge on any atom is -0.345 e. The van der Waals surface area contributed by atoms with Crippen LogP contribution in [0.1, 0.15) is 10.5 Å². The number of halogens is 1. The number of benzene rings is 1. The SMILES string of the molecule is O=C(NC1CS(=O)(=O)CC1Cl)c1nccc2ccccc12. The van der Waals surface area contributed by atoms with Crippen LogP contribution in [0.4, 0.5) is 0 Å². The van der Waals surface area contributed by atoms with E-state index in [0.717, 1.165) is 10.8 Å². The highest BCUT2D eigenvalue weighted by molar-refractivity contribution is 7.91. The molecule has 0 spiro atoms. The second-order valence-electron chi connectivity index (χ2n) is 5.05. The molecule has 2 heterocycles. The van der Waals surface area contributed by atoms with Crippen LogP contribution in [-0.4, -0.2) is 42.2 Å². The summed E-state index contributed by atoms with van der Waals surface area (Å²) in [6.07, 6.45) is 1.56. The minimum absolute atomic E-state index is 0.109. The van der Waals surface area contributed by atoms with Crippen molar-refractivity contribution in [3.63, 3.8) is 0 Å². The predicted molar refractivity (Wildman–Crippen MR) is 81.3 cm³/mol. The maximum Gasteiger partial charge on any atom is 0.270 e. The molecule has 0 aliphatic carbocycles. The van der Waals surface area contributed by atoms with Gasteiger partial charge in [-0.05, 0) is 11.5 Å². The first-order valence-corrected chi connectivity index (χ1v) is 8.71. The summed E-state index contributed by atoms with van der Waals surface area (Å²) in [4.78, 5) is 16.4. The summed E-state index contributed by atoms with van der Waals surface area (Å²) in [5, 5.41) is 3.71. The van der Waals surface area contributed by atoms with Gasteiger partial charge in [-0.25, -0.2) is 8.42 Å². The molecule has 1 N–H and O–H groups in total. The molecular formula is C14H13ClN2O3S. The first-order chi connectivity index (χ1) is 9.96. The van der Waals surface area contributed by atoms with Crippen LogP contribution in [0.2, 0.25) is 0 Å². The van der Waals surface area contributed by atoms with Gasteiger partial charge in [-0.15, -0.1) is 11.6 Å². The van der Waals surface area contributed by atoms with E-state index in [9.17, 15) is 13.2 Å². The third-order valence-electron chi connectivity index (χ3n) is 3.49. The highest BCUT2D eigenvalue weighted by Gasteiger charge is 2.37. The molecule has 1 aliphatic heterocycles. The van der Waals surface area contributed by atoms with Crippen LogP contribution in [0.25, 0.3) is 10.8 Å². The van der Waals surface area contributed by atoms with Crippen molar-refractivity contribution in [2.45, 2.75) is 11.4 Å². The van der Waals surface area contributed by atoms with Crippen molar-refractivity contribution < 1.29 is 13.2 Å². The molecule has 21 heavy (non-hydrogen) atoms. The van der Waals surface area contributed by atoms with E-state index in [-0.39, 0.29) is 17.2 Å². The first kappa shape index (κ1) is 14.3. The van der Waals surface area contributed by atoms with Crippen LogP contribution in [0, 0.1) is 0 Å². The Hall–Kier alpha value is -1.66. The molecule has 1 aliphatic rings. The lowest BCUT2D eigenvalue weighted by molar-refractivity contribution is 0.0938. The Bertz CT molecular complexity index is 801. The summed E-state index contributed by atoms with van der Waals surface area (Å²) in [5.41, 5.74) is 0.279. The Morgan fingerprint density at radius 3 is 2.71 bits per heavy atom. The predicted octanol–water partition coefficient (Wildman–Crippen LogP) is 1.37. The number of aromatic nitrogens is 1. The summed E-state index contributed by atoms with van der Waals surface area (Å²) in [7, 11) is -3.18. The maximum atomic E-state index is 12.3. The summed E-state index contributed by atoms with van der Waals surface area (Å²) in [5.74, 6) is -0.639. The number of nitrogens with one attached hydrogen (secondary N) is 1. The van der Waals surface area contributed by atoms with Gasteiger partial charge in [-0.3, -0.25) is 9.78 Å². The molecule has 3 rings (SSSR count). The van der Waals surface area contributed by atoms with E-state index < -0.39 is 27.2 Å². The number of alkyl halides is 1. The van der Waals surface area contributed by atoms with Crippen LogP contribution >= 0.6 is 11.6 Å². The molecule has 0 radical (unpaired) electrons. The molecule has 1 amide bonds. The summed E-state index contributed by atoms with van der Waals surface area (Å²) in [6, 6.07) is 8.63. The van der Waals surface area contributed by atoms with Crippen molar-refractivity contribution in [3.8, 4) is 0 Å². The van der Waals surface area contributed by atoms with E-state index in [1.54, 1.807) is 12.3 Å². The van der Waals surface area contributed by atoms with E-state index in [1.807, 2.05) is 24.3 Å². The van der Waals surface area contributed by atoms with Gasteiger partial charge in [0.2, 0.25) is 0 Å². The molecular weight excluding hydrogens is 312 g/mol. The van der Waals surface area contributed by atoms with Crippen molar-refractivity contribution in [1.82, 2.24) is 10.3 Å². The zero-order valence-corrected chi connectivity index (χ0v) is 12.6. The quantitative estimate of drug-likeness (QED) is 0.846. The number of carbonyl (C=O) groups is 1. The van der Waals surface area contributed by atoms with Gasteiger partial charge in [0.05, 0.1) is 22.9 Å². The average Bonchev–Trinajstić information content (AvgIpc) is 2.70. The van der Waals surface area contributed by atoms with Crippen LogP contribution in [-0.2, 0) is 9.84 Å². The molecule has 0 bridgehead atoms. The molecule has 1 aromatic carbocycles. The Kier molecular flexibility index (Phi) is 3.59. The monoisotopic (exact) mass is 324 g/mol. The lowest BCUT2D eigenvalue weighted by atomic mass is 10.1. The van der Waals surface area contributed by atoms with E-state index in [0.29, 0.717) is 0 Å². The number of hydrogen-bond acceptors (Lipinski definition) is 4. The third-order valence-corrected chi connectivity index (χ3v) is 5.86. The number of carbonyl (C=O) groups excluding carboxylic acids is 1. The lowest BCUT2D eigenvalue weighted by Gasteiger charge is -2.14. The van der Waals surface area contributed by atoms with Crippen molar-refractivity contribution in [1.29, 1.82) is 0 Å². The first-order valence-electron chi connectivity index (χ1n) is 6.45. The lowest BCUT2D eigenvalue weighted by Crippen LogP contribution is -2.41. The topological polar surface area (TPSA) is 76.1 Å². The minimum atomic E-state index is -3.18. The van der Waals surface area contributed by atoms with E-state index >= 15 is 0 Å². The molecule has 2 unspecified atom stereocenters. The number of fused-ring (bicyclic) bond motifs is 1. The van der Waals surface area contributed by atoms with Gasteiger partial charge in [-0.1, -0.05) is 24.3 Å². The number of pyridine rings is 1. The Labute approximate surface area is 127 Å². The number of sulfone groups is 1. The highest BCUT2D eigenvalue weighted by Crippen LogP contribution is 2.20. The van der Waals surface area contributed by atoms with Gasteiger partial charge in [0.15, 0.2) is 9.84 Å². The Balaban J connectivity index is 1.88. The fourth-order valence-corrected chi connectivity index (χ4v) is 5.02. The van der Waals surface area contributed by atoms with Gasteiger partial charge in [0.1, 0.15) is 5.69 Å². The van der Waals surface area contributed by atoms with Crippen LogP contribution in [0.3, 0.4) is 0 Å². The molecule has 110 valence electrons. The molecule has 0 saturated carbocycles. The molecule has 5 nitrogen and oxygen atoms in total. The molecule has 1 fully saturated rings. The van der Waals surface area contributed by atoms with E-state index in [1.165, 1.54) is 0 Å². The smallest absolute Gasteiger partial charge is 0.270 e. The molecule has 2 aromatic rings. The average molecular weight is 325 g/mol. The van der Waals surface area contributed by atoms with Gasteiger partial charge in [-0.2, -0.15) is 0 Å². The summed E-state index contributed by atoms with van der Waals surface area (Å²) >= 11 is 6.00. The summed E-state index contributed by atoms with van der Waals surface area (Å²) < 4.78 is 23.1. The Morgan fingerprint density at radius 2 is 2.00 bits per heavy atom. The maximum absolute atomic E-state index is 12.3. The highest BCUT2D eigenvalue weighted by atomic mass is 35.5. The van der Waals surface area contributed by atoms with Gasteiger partial charge >= 0.3 is 0 Å². The van der Waals surface area contributed by atoms with E-state index in [2.05, 4.69) is 10.3 Å². The van der Waals surface area contributed by atoms with Crippen LogP contribution < -0.4 is 5.32 Å². The number of rotatable bonds is 2. The second kappa shape index (κ2) is 5.27. The zero-order chi connectivity index (χ0) is 15.0. The van der Waals surface area contributed by atoms with Crippen LogP contribution in [0.5, 0.6) is 0 Å². The van der Waals surface area contributed by atoms with Crippen molar-refractivity contribution in [2.24, 2.45) is 0 Å². The summed E-state index contributed by atoms with van der Waals surface area (Å²) in [6.45, 7) is 0. The Morgan fingerprint density at radius 1 is 1.24 bits per heavy atom. The molecule has 7 heteroatoms. The second-order valence-corrected chi connectivity index (χ2v) is 7.77. The van der Waals surface area contributed by atoms with E-state index in [4.69, 9.17) is 11.6 Å². The number of amides is 1. The largest absolute Gasteiger partial charge is 0.345 e. The standard InChI is InChI=1S/C14H13ClN2O3S/c15-11-7-21(19,20)8-12(11)17-14(18)13-10-4-2-1-3-9(10)5-6-16-13/h1-6,11-12H,7-8H2,(H,17,18). The van der Waals surface area contributed by atoms with Crippen LogP contribution in [0.15, 0.2) is 36.5 Å². The molecule has 1 saturated heterocycles. The normalized spacial score (nSPS) is 24.0.